The zero-order valence-corrected chi connectivity index (χ0v) is 11.1. The van der Waals surface area contributed by atoms with E-state index in [0.717, 1.165) is 18.7 Å². The molecule has 0 saturated heterocycles. The molecule has 0 bridgehead atoms. The summed E-state index contributed by atoms with van der Waals surface area (Å²) in [7, 11) is 0. The monoisotopic (exact) mass is 240 g/mol. The summed E-state index contributed by atoms with van der Waals surface area (Å²) in [6.45, 7) is 5.28. The van der Waals surface area contributed by atoms with Crippen LogP contribution >= 0.6 is 0 Å². The molecular weight excluding hydrogens is 220 g/mol. The lowest BCUT2D eigenvalue weighted by atomic mass is 10.1. The molecule has 0 radical (unpaired) electrons. The minimum absolute atomic E-state index is 0.383. The smallest absolute Gasteiger partial charge is 0.0416 e. The third-order valence-electron chi connectivity index (χ3n) is 3.10. The van der Waals surface area contributed by atoms with Crippen molar-refractivity contribution in [3.63, 3.8) is 0 Å². The molecule has 0 spiro atoms. The number of hydrogen-bond donors (Lipinski definition) is 1. The molecule has 0 amide bonds. The minimum Gasteiger partial charge on any atom is -0.310 e. The number of rotatable bonds is 5. The molecule has 1 N–H and O–H groups in total. The van der Waals surface area contributed by atoms with Crippen molar-refractivity contribution in [2.45, 2.75) is 26.3 Å². The highest BCUT2D eigenvalue weighted by atomic mass is 14.9. The molecule has 2 rings (SSSR count). The Kier molecular flexibility index (Phi) is 4.48. The number of aryl methyl sites for hydroxylation is 1. The maximum atomic E-state index is 4.32. The van der Waals surface area contributed by atoms with Gasteiger partial charge in [-0.05, 0) is 31.5 Å². The second-order valence-electron chi connectivity index (χ2n) is 4.66. The summed E-state index contributed by atoms with van der Waals surface area (Å²) in [6.07, 6.45) is 2.82. The maximum Gasteiger partial charge on any atom is 0.0416 e. The first-order valence-electron chi connectivity index (χ1n) is 6.45. The Hall–Kier alpha value is -1.67. The zero-order valence-electron chi connectivity index (χ0n) is 11.1. The number of hydrogen-bond acceptors (Lipinski definition) is 2. The first kappa shape index (κ1) is 12.8. The minimum atomic E-state index is 0.383. The molecule has 0 aliphatic heterocycles. The van der Waals surface area contributed by atoms with Crippen LogP contribution in [0, 0.1) is 6.92 Å². The summed E-state index contributed by atoms with van der Waals surface area (Å²) in [5.41, 5.74) is 3.79. The molecule has 0 aliphatic rings. The van der Waals surface area contributed by atoms with E-state index in [9.17, 15) is 0 Å². The predicted octanol–water partition coefficient (Wildman–Crippen LogP) is 3.28. The van der Waals surface area contributed by atoms with Crippen molar-refractivity contribution in [1.29, 1.82) is 0 Å². The van der Waals surface area contributed by atoms with Crippen molar-refractivity contribution in [2.75, 3.05) is 6.54 Å². The Morgan fingerprint density at radius 1 is 1.17 bits per heavy atom. The Balaban J connectivity index is 1.83. The van der Waals surface area contributed by atoms with Gasteiger partial charge in [-0.3, -0.25) is 4.98 Å². The van der Waals surface area contributed by atoms with Crippen molar-refractivity contribution in [3.05, 3.63) is 65.5 Å². The number of aromatic nitrogens is 1. The van der Waals surface area contributed by atoms with Crippen molar-refractivity contribution in [2.24, 2.45) is 0 Å². The Bertz CT molecular complexity index is 479. The van der Waals surface area contributed by atoms with Crippen molar-refractivity contribution >= 4 is 0 Å². The van der Waals surface area contributed by atoms with E-state index in [0.29, 0.717) is 6.04 Å². The molecule has 0 saturated carbocycles. The summed E-state index contributed by atoms with van der Waals surface area (Å²) < 4.78 is 0. The highest BCUT2D eigenvalue weighted by Gasteiger charge is 2.04. The van der Waals surface area contributed by atoms with Gasteiger partial charge in [-0.15, -0.1) is 0 Å². The van der Waals surface area contributed by atoms with Gasteiger partial charge in [-0.1, -0.05) is 35.9 Å². The Morgan fingerprint density at radius 3 is 2.78 bits per heavy atom. The molecule has 0 unspecified atom stereocenters. The molecule has 1 aromatic carbocycles. The number of nitrogens with zero attached hydrogens (tertiary/aromatic N) is 1. The molecule has 0 fully saturated rings. The highest BCUT2D eigenvalue weighted by molar-refractivity contribution is 5.24. The van der Waals surface area contributed by atoms with Gasteiger partial charge < -0.3 is 5.32 Å². The zero-order chi connectivity index (χ0) is 12.8. The predicted molar refractivity (Wildman–Crippen MR) is 75.5 cm³/mol. The van der Waals surface area contributed by atoms with E-state index in [4.69, 9.17) is 0 Å². The van der Waals surface area contributed by atoms with Crippen molar-refractivity contribution < 1.29 is 0 Å². The van der Waals surface area contributed by atoms with Crippen LogP contribution in [-0.4, -0.2) is 11.5 Å². The summed E-state index contributed by atoms with van der Waals surface area (Å²) in [4.78, 5) is 4.32. The number of pyridine rings is 1. The SMILES string of the molecule is Cc1cccc([C@@H](C)NCCc2ccccn2)c1. The lowest BCUT2D eigenvalue weighted by Gasteiger charge is -2.14. The second kappa shape index (κ2) is 6.31. The lowest BCUT2D eigenvalue weighted by molar-refractivity contribution is 0.573. The van der Waals surface area contributed by atoms with Gasteiger partial charge in [0.1, 0.15) is 0 Å². The lowest BCUT2D eigenvalue weighted by Crippen LogP contribution is -2.21. The first-order valence-corrected chi connectivity index (χ1v) is 6.45. The molecule has 0 aliphatic carbocycles. The van der Waals surface area contributed by atoms with Gasteiger partial charge in [-0.25, -0.2) is 0 Å². The van der Waals surface area contributed by atoms with E-state index in [1.165, 1.54) is 11.1 Å². The fourth-order valence-electron chi connectivity index (χ4n) is 2.02. The highest BCUT2D eigenvalue weighted by Crippen LogP contribution is 2.13. The van der Waals surface area contributed by atoms with Crippen LogP contribution in [-0.2, 0) is 6.42 Å². The topological polar surface area (TPSA) is 24.9 Å². The Morgan fingerprint density at radius 2 is 2.06 bits per heavy atom. The summed E-state index contributed by atoms with van der Waals surface area (Å²) in [5.74, 6) is 0. The molecule has 2 heteroatoms. The van der Waals surface area contributed by atoms with Crippen LogP contribution in [0.1, 0.15) is 29.8 Å². The van der Waals surface area contributed by atoms with E-state index in [-0.39, 0.29) is 0 Å². The van der Waals surface area contributed by atoms with Crippen LogP contribution in [0.3, 0.4) is 0 Å². The molecular formula is C16H20N2. The fraction of sp³-hybridized carbons (Fsp3) is 0.312. The van der Waals surface area contributed by atoms with E-state index in [1.807, 2.05) is 18.3 Å². The van der Waals surface area contributed by atoms with Gasteiger partial charge in [0.15, 0.2) is 0 Å². The fourth-order valence-corrected chi connectivity index (χ4v) is 2.02. The molecule has 1 heterocycles. The summed E-state index contributed by atoms with van der Waals surface area (Å²) >= 11 is 0. The third kappa shape index (κ3) is 3.67. The van der Waals surface area contributed by atoms with Crippen LogP contribution in [0.4, 0.5) is 0 Å². The molecule has 2 aromatic rings. The van der Waals surface area contributed by atoms with E-state index < -0.39 is 0 Å². The normalized spacial score (nSPS) is 12.3. The van der Waals surface area contributed by atoms with Gasteiger partial charge in [-0.2, -0.15) is 0 Å². The second-order valence-corrected chi connectivity index (χ2v) is 4.66. The Labute approximate surface area is 109 Å². The average Bonchev–Trinajstić information content (AvgIpc) is 2.40. The van der Waals surface area contributed by atoms with E-state index >= 15 is 0 Å². The molecule has 1 atom stereocenters. The third-order valence-corrected chi connectivity index (χ3v) is 3.10. The van der Waals surface area contributed by atoms with Gasteiger partial charge in [0.25, 0.3) is 0 Å². The van der Waals surface area contributed by atoms with Gasteiger partial charge in [0.05, 0.1) is 0 Å². The largest absolute Gasteiger partial charge is 0.310 e. The van der Waals surface area contributed by atoms with Crippen molar-refractivity contribution in [1.82, 2.24) is 10.3 Å². The van der Waals surface area contributed by atoms with Gasteiger partial charge in [0, 0.05) is 30.9 Å². The maximum absolute atomic E-state index is 4.32. The summed E-state index contributed by atoms with van der Waals surface area (Å²) in [5, 5.41) is 3.53. The van der Waals surface area contributed by atoms with Crippen LogP contribution in [0.15, 0.2) is 48.7 Å². The van der Waals surface area contributed by atoms with Crippen LogP contribution in [0.2, 0.25) is 0 Å². The average molecular weight is 240 g/mol. The number of benzene rings is 1. The van der Waals surface area contributed by atoms with Crippen LogP contribution in [0.25, 0.3) is 0 Å². The first-order chi connectivity index (χ1) is 8.75. The van der Waals surface area contributed by atoms with Crippen LogP contribution in [0.5, 0.6) is 0 Å². The standard InChI is InChI=1S/C16H20N2/c1-13-6-5-7-15(12-13)14(2)17-11-9-16-8-3-4-10-18-16/h3-8,10,12,14,17H,9,11H2,1-2H3/t14-/m1/s1. The van der Waals surface area contributed by atoms with Gasteiger partial charge in [0.2, 0.25) is 0 Å². The van der Waals surface area contributed by atoms with E-state index in [2.05, 4.69) is 54.5 Å². The van der Waals surface area contributed by atoms with E-state index in [1.54, 1.807) is 0 Å². The molecule has 18 heavy (non-hydrogen) atoms. The molecule has 1 aromatic heterocycles. The molecule has 2 nitrogen and oxygen atoms in total. The summed E-state index contributed by atoms with van der Waals surface area (Å²) in [6, 6.07) is 15.1. The van der Waals surface area contributed by atoms with Crippen molar-refractivity contribution in [3.8, 4) is 0 Å². The van der Waals surface area contributed by atoms with Crippen LogP contribution < -0.4 is 5.32 Å². The molecule has 94 valence electrons. The number of nitrogens with one attached hydrogen (secondary N) is 1. The van der Waals surface area contributed by atoms with Gasteiger partial charge >= 0.3 is 0 Å². The quantitative estimate of drug-likeness (QED) is 0.867.